The monoisotopic (exact) mass is 416 g/mol. The van der Waals surface area contributed by atoms with Crippen molar-refractivity contribution >= 4 is 51.0 Å². The van der Waals surface area contributed by atoms with Gasteiger partial charge in [0.15, 0.2) is 12.4 Å². The molecular formula is C15H14ClIN2O2. The quantitative estimate of drug-likeness (QED) is 0.719. The molecule has 0 saturated carbocycles. The van der Waals surface area contributed by atoms with Gasteiger partial charge in [0, 0.05) is 24.7 Å². The number of amides is 1. The fourth-order valence-electron chi connectivity index (χ4n) is 2.48. The molecule has 0 unspecified atom stereocenters. The average molecular weight is 417 g/mol. The summed E-state index contributed by atoms with van der Waals surface area (Å²) in [6.07, 6.45) is 3.85. The van der Waals surface area contributed by atoms with Crippen LogP contribution in [0.25, 0.3) is 10.9 Å². The second-order valence-electron chi connectivity index (χ2n) is 4.95. The van der Waals surface area contributed by atoms with E-state index in [9.17, 15) is 4.79 Å². The number of nitrogens with zero attached hydrogens (tertiary/aromatic N) is 2. The molecule has 1 aliphatic heterocycles. The van der Waals surface area contributed by atoms with Gasteiger partial charge in [-0.1, -0.05) is 11.6 Å². The van der Waals surface area contributed by atoms with Crippen molar-refractivity contribution in [2.75, 3.05) is 19.7 Å². The first-order valence-electron chi connectivity index (χ1n) is 6.80. The highest BCUT2D eigenvalue weighted by atomic mass is 127. The molecule has 1 fully saturated rings. The molecule has 1 aliphatic rings. The molecule has 1 aromatic heterocycles. The molecule has 0 radical (unpaired) electrons. The number of likely N-dealkylation sites (tertiary alicyclic amines) is 1. The summed E-state index contributed by atoms with van der Waals surface area (Å²) in [4.78, 5) is 18.3. The van der Waals surface area contributed by atoms with Crippen LogP contribution >= 0.6 is 34.2 Å². The fourth-order valence-corrected chi connectivity index (χ4v) is 3.64. The van der Waals surface area contributed by atoms with Crippen molar-refractivity contribution in [1.29, 1.82) is 0 Å². The molecule has 2 aromatic rings. The largest absolute Gasteiger partial charge is 0.480 e. The van der Waals surface area contributed by atoms with E-state index in [2.05, 4.69) is 27.6 Å². The van der Waals surface area contributed by atoms with Crippen LogP contribution in [0.15, 0.2) is 24.4 Å². The van der Waals surface area contributed by atoms with E-state index in [1.807, 2.05) is 23.1 Å². The summed E-state index contributed by atoms with van der Waals surface area (Å²) in [5.74, 6) is 0.658. The predicted molar refractivity (Wildman–Crippen MR) is 90.8 cm³/mol. The van der Waals surface area contributed by atoms with E-state index in [-0.39, 0.29) is 12.5 Å². The van der Waals surface area contributed by atoms with Crippen molar-refractivity contribution < 1.29 is 9.53 Å². The number of halogens is 2. The van der Waals surface area contributed by atoms with E-state index >= 15 is 0 Å². The van der Waals surface area contributed by atoms with E-state index in [1.165, 1.54) is 0 Å². The van der Waals surface area contributed by atoms with Gasteiger partial charge in [0.25, 0.3) is 5.91 Å². The Hall–Kier alpha value is -1.08. The van der Waals surface area contributed by atoms with Crippen molar-refractivity contribution in [3.8, 4) is 5.75 Å². The van der Waals surface area contributed by atoms with Gasteiger partial charge in [0.05, 0.1) is 8.59 Å². The van der Waals surface area contributed by atoms with Crippen LogP contribution in [0.4, 0.5) is 0 Å². The maximum atomic E-state index is 12.1. The van der Waals surface area contributed by atoms with E-state index in [1.54, 1.807) is 6.20 Å². The summed E-state index contributed by atoms with van der Waals surface area (Å²) >= 11 is 8.38. The highest BCUT2D eigenvalue weighted by Crippen LogP contribution is 2.34. The Bertz CT molecular complexity index is 687. The molecule has 0 aliphatic carbocycles. The van der Waals surface area contributed by atoms with Gasteiger partial charge in [0.1, 0.15) is 5.52 Å². The first-order valence-corrected chi connectivity index (χ1v) is 8.26. The fraction of sp³-hybridized carbons (Fsp3) is 0.333. The van der Waals surface area contributed by atoms with Crippen LogP contribution in [-0.4, -0.2) is 35.5 Å². The summed E-state index contributed by atoms with van der Waals surface area (Å²) in [6.45, 7) is 1.71. The molecule has 2 heterocycles. The van der Waals surface area contributed by atoms with Gasteiger partial charge in [-0.25, -0.2) is 0 Å². The molecule has 0 spiro atoms. The van der Waals surface area contributed by atoms with Crippen LogP contribution in [0.3, 0.4) is 0 Å². The maximum absolute atomic E-state index is 12.1. The van der Waals surface area contributed by atoms with Gasteiger partial charge >= 0.3 is 0 Å². The second-order valence-corrected chi connectivity index (χ2v) is 6.51. The summed E-state index contributed by atoms with van der Waals surface area (Å²) < 4.78 is 6.62. The van der Waals surface area contributed by atoms with Crippen LogP contribution in [0.2, 0.25) is 5.02 Å². The molecule has 1 amide bonds. The zero-order chi connectivity index (χ0) is 14.8. The van der Waals surface area contributed by atoms with Crippen LogP contribution in [0.5, 0.6) is 5.75 Å². The number of aromatic nitrogens is 1. The maximum Gasteiger partial charge on any atom is 0.260 e. The normalized spacial score (nSPS) is 14.7. The molecule has 0 N–H and O–H groups in total. The molecule has 4 nitrogen and oxygen atoms in total. The molecule has 21 heavy (non-hydrogen) atoms. The Balaban J connectivity index is 1.85. The van der Waals surface area contributed by atoms with Gasteiger partial charge in [0.2, 0.25) is 0 Å². The van der Waals surface area contributed by atoms with Crippen molar-refractivity contribution in [3.05, 3.63) is 33.0 Å². The highest BCUT2D eigenvalue weighted by Gasteiger charge is 2.19. The Labute approximate surface area is 141 Å². The van der Waals surface area contributed by atoms with E-state index in [0.29, 0.717) is 16.3 Å². The number of rotatable bonds is 3. The van der Waals surface area contributed by atoms with Crippen LogP contribution in [0.1, 0.15) is 12.8 Å². The summed E-state index contributed by atoms with van der Waals surface area (Å²) in [5, 5.41) is 1.48. The number of carbonyl (C=O) groups excluding carboxylic acids is 1. The lowest BCUT2D eigenvalue weighted by molar-refractivity contribution is -0.132. The molecule has 6 heteroatoms. The van der Waals surface area contributed by atoms with Crippen molar-refractivity contribution in [2.24, 2.45) is 0 Å². The number of ether oxygens (including phenoxy) is 1. The summed E-state index contributed by atoms with van der Waals surface area (Å²) in [7, 11) is 0. The first-order chi connectivity index (χ1) is 10.2. The molecule has 1 saturated heterocycles. The minimum absolute atomic E-state index is 0.0299. The van der Waals surface area contributed by atoms with Gasteiger partial charge in [-0.2, -0.15) is 0 Å². The van der Waals surface area contributed by atoms with E-state index in [0.717, 1.165) is 34.9 Å². The zero-order valence-electron chi connectivity index (χ0n) is 11.3. The second kappa shape index (κ2) is 6.36. The number of fused-ring (bicyclic) bond motifs is 1. The van der Waals surface area contributed by atoms with Crippen LogP contribution in [0, 0.1) is 3.57 Å². The predicted octanol–water partition coefficient (Wildman–Crippen LogP) is 3.49. The topological polar surface area (TPSA) is 42.4 Å². The number of carbonyl (C=O) groups is 1. The number of hydrogen-bond donors (Lipinski definition) is 0. The number of hydrogen-bond acceptors (Lipinski definition) is 3. The van der Waals surface area contributed by atoms with Gasteiger partial charge in [-0.05, 0) is 53.6 Å². The Morgan fingerprint density at radius 1 is 1.43 bits per heavy atom. The Morgan fingerprint density at radius 2 is 2.19 bits per heavy atom. The standard InChI is InChI=1S/C15H14ClIN2O2/c16-11-8-12(17)15(14-10(11)4-3-5-18-14)21-9-13(20)19-6-1-2-7-19/h3-5,8H,1-2,6-7,9H2. The molecule has 3 rings (SSSR count). The van der Waals surface area contributed by atoms with Gasteiger partial charge in [-0.15, -0.1) is 0 Å². The third-order valence-corrected chi connectivity index (χ3v) is 4.66. The molecule has 110 valence electrons. The minimum atomic E-state index is 0.0299. The third-order valence-electron chi connectivity index (χ3n) is 3.55. The highest BCUT2D eigenvalue weighted by molar-refractivity contribution is 14.1. The molecule has 0 bridgehead atoms. The van der Waals surface area contributed by atoms with Gasteiger partial charge < -0.3 is 9.64 Å². The van der Waals surface area contributed by atoms with Gasteiger partial charge in [-0.3, -0.25) is 9.78 Å². The first kappa shape index (κ1) is 14.8. The Morgan fingerprint density at radius 3 is 2.95 bits per heavy atom. The zero-order valence-corrected chi connectivity index (χ0v) is 14.2. The minimum Gasteiger partial charge on any atom is -0.480 e. The average Bonchev–Trinajstić information content (AvgIpc) is 3.01. The summed E-state index contributed by atoms with van der Waals surface area (Å²) in [6, 6.07) is 5.57. The summed E-state index contributed by atoms with van der Waals surface area (Å²) in [5.41, 5.74) is 0.698. The molecular weight excluding hydrogens is 403 g/mol. The Kier molecular flexibility index (Phi) is 4.49. The smallest absolute Gasteiger partial charge is 0.260 e. The lowest BCUT2D eigenvalue weighted by Crippen LogP contribution is -2.32. The van der Waals surface area contributed by atoms with E-state index < -0.39 is 0 Å². The van der Waals surface area contributed by atoms with Crippen molar-refractivity contribution in [2.45, 2.75) is 12.8 Å². The number of benzene rings is 1. The molecule has 1 aromatic carbocycles. The molecule has 0 atom stereocenters. The van der Waals surface area contributed by atoms with Crippen LogP contribution < -0.4 is 4.74 Å². The van der Waals surface area contributed by atoms with Crippen molar-refractivity contribution in [3.63, 3.8) is 0 Å². The van der Waals surface area contributed by atoms with E-state index in [4.69, 9.17) is 16.3 Å². The lowest BCUT2D eigenvalue weighted by Gasteiger charge is -2.17. The van der Waals surface area contributed by atoms with Crippen LogP contribution in [-0.2, 0) is 4.79 Å². The number of pyridine rings is 1. The SMILES string of the molecule is O=C(COc1c(I)cc(Cl)c2cccnc12)N1CCCC1. The third kappa shape index (κ3) is 3.08. The van der Waals surface area contributed by atoms with Crippen molar-refractivity contribution in [1.82, 2.24) is 9.88 Å². The lowest BCUT2D eigenvalue weighted by atomic mass is 10.2.